The highest BCUT2D eigenvalue weighted by molar-refractivity contribution is 6.43. The van der Waals surface area contributed by atoms with Crippen LogP contribution in [0.3, 0.4) is 0 Å². The molecule has 7 heteroatoms. The average Bonchev–Trinajstić information content (AvgIpc) is 2.35. The van der Waals surface area contributed by atoms with Gasteiger partial charge >= 0.3 is 0 Å². The maximum Gasteiger partial charge on any atom is 0.251 e. The van der Waals surface area contributed by atoms with Crippen molar-refractivity contribution in [3.63, 3.8) is 0 Å². The highest BCUT2D eigenvalue weighted by atomic mass is 35.5. The summed E-state index contributed by atoms with van der Waals surface area (Å²) in [4.78, 5) is 11.9. The molecule has 0 fully saturated rings. The molecule has 1 amide bonds. The number of aliphatic hydroxyl groups is 2. The first kappa shape index (κ1) is 15.0. The number of aliphatic hydroxyl groups excluding tert-OH is 2. The number of rotatable bonds is 4. The van der Waals surface area contributed by atoms with Gasteiger partial charge in [0, 0.05) is 5.56 Å². The van der Waals surface area contributed by atoms with Crippen LogP contribution in [0.4, 0.5) is 5.69 Å². The van der Waals surface area contributed by atoms with Gasteiger partial charge in [-0.2, -0.15) is 0 Å². The summed E-state index contributed by atoms with van der Waals surface area (Å²) in [6.45, 7) is 0.712. The summed E-state index contributed by atoms with van der Waals surface area (Å²) in [6, 6.07) is 2.74. The van der Waals surface area contributed by atoms with Crippen molar-refractivity contribution in [1.29, 1.82) is 0 Å². The molecule has 1 rings (SSSR count). The molecule has 1 aromatic rings. The lowest BCUT2D eigenvalue weighted by atomic mass is 10.0. The van der Waals surface area contributed by atoms with Crippen LogP contribution in [0.25, 0.3) is 0 Å². The van der Waals surface area contributed by atoms with Gasteiger partial charge in [-0.15, -0.1) is 0 Å². The molecule has 0 saturated heterocycles. The molecule has 0 aliphatic carbocycles. The normalized spacial score (nSPS) is 11.4. The van der Waals surface area contributed by atoms with Crippen LogP contribution in [-0.2, 0) is 0 Å². The Morgan fingerprint density at radius 1 is 1.39 bits per heavy atom. The summed E-state index contributed by atoms with van der Waals surface area (Å²) >= 11 is 11.6. The molecule has 0 heterocycles. The van der Waals surface area contributed by atoms with Crippen molar-refractivity contribution in [1.82, 2.24) is 5.32 Å². The highest BCUT2D eigenvalue weighted by Crippen LogP contribution is 2.29. The maximum atomic E-state index is 11.9. The first-order chi connectivity index (χ1) is 8.33. The summed E-state index contributed by atoms with van der Waals surface area (Å²) in [5.74, 6) is -0.508. The van der Waals surface area contributed by atoms with E-state index >= 15 is 0 Å². The zero-order valence-electron chi connectivity index (χ0n) is 9.70. The summed E-state index contributed by atoms with van der Waals surface area (Å²) in [5, 5.41) is 21.0. The van der Waals surface area contributed by atoms with Gasteiger partial charge in [0.05, 0.1) is 34.5 Å². The minimum absolute atomic E-state index is 0.163. The van der Waals surface area contributed by atoms with Crippen LogP contribution in [-0.4, -0.2) is 34.9 Å². The number of nitrogens with one attached hydrogen (secondary N) is 1. The second kappa shape index (κ2) is 5.75. The molecule has 0 unspecified atom stereocenters. The Balaban J connectivity index is 2.98. The van der Waals surface area contributed by atoms with E-state index in [9.17, 15) is 4.79 Å². The zero-order valence-corrected chi connectivity index (χ0v) is 11.2. The van der Waals surface area contributed by atoms with Crippen LogP contribution in [0.5, 0.6) is 0 Å². The Hall–Kier alpha value is -1.01. The van der Waals surface area contributed by atoms with Crippen LogP contribution >= 0.6 is 23.2 Å². The predicted octanol–water partition coefficient (Wildman–Crippen LogP) is 1.05. The van der Waals surface area contributed by atoms with Gasteiger partial charge in [0.2, 0.25) is 0 Å². The van der Waals surface area contributed by atoms with Crippen molar-refractivity contribution >= 4 is 34.8 Å². The lowest BCUT2D eigenvalue weighted by Crippen LogP contribution is -2.51. The average molecular weight is 293 g/mol. The summed E-state index contributed by atoms with van der Waals surface area (Å²) in [6.07, 6.45) is 0. The van der Waals surface area contributed by atoms with E-state index in [-0.39, 0.29) is 21.3 Å². The van der Waals surface area contributed by atoms with Crippen LogP contribution in [0.2, 0.25) is 10.0 Å². The number of anilines is 1. The minimum atomic E-state index is -1.11. The second-order valence-electron chi connectivity index (χ2n) is 4.19. The third-order valence-corrected chi connectivity index (χ3v) is 3.25. The van der Waals surface area contributed by atoms with E-state index in [2.05, 4.69) is 5.32 Å². The molecule has 0 spiro atoms. The fourth-order valence-electron chi connectivity index (χ4n) is 1.22. The SMILES string of the molecule is CC(CO)(CO)NC(=O)c1cc(N)c(Cl)c(Cl)c1. The first-order valence-electron chi connectivity index (χ1n) is 5.12. The van der Waals surface area contributed by atoms with Crippen LogP contribution in [0.15, 0.2) is 12.1 Å². The van der Waals surface area contributed by atoms with Gasteiger partial charge in [-0.3, -0.25) is 4.79 Å². The molecule has 0 aromatic heterocycles. The Labute approximate surface area is 115 Å². The van der Waals surface area contributed by atoms with Gasteiger partial charge in [-0.25, -0.2) is 0 Å². The van der Waals surface area contributed by atoms with Crippen molar-refractivity contribution in [2.75, 3.05) is 18.9 Å². The van der Waals surface area contributed by atoms with Crippen LogP contribution < -0.4 is 11.1 Å². The monoisotopic (exact) mass is 292 g/mol. The van der Waals surface area contributed by atoms with E-state index < -0.39 is 24.7 Å². The number of benzene rings is 1. The fourth-order valence-corrected chi connectivity index (χ4v) is 1.55. The maximum absolute atomic E-state index is 11.9. The minimum Gasteiger partial charge on any atom is -0.397 e. The van der Waals surface area contributed by atoms with Gasteiger partial charge in [0.15, 0.2) is 0 Å². The van der Waals surface area contributed by atoms with E-state index in [1.807, 2.05) is 0 Å². The third-order valence-electron chi connectivity index (χ3n) is 2.43. The predicted molar refractivity (Wildman–Crippen MR) is 70.9 cm³/mol. The highest BCUT2D eigenvalue weighted by Gasteiger charge is 2.25. The molecule has 0 saturated carbocycles. The number of nitrogens with two attached hydrogens (primary N) is 1. The van der Waals surface area contributed by atoms with E-state index in [0.717, 1.165) is 0 Å². The summed E-state index contributed by atoms with van der Waals surface area (Å²) < 4.78 is 0. The topological polar surface area (TPSA) is 95.6 Å². The summed E-state index contributed by atoms with van der Waals surface area (Å²) in [5.41, 5.74) is 4.87. The number of halogens is 2. The summed E-state index contributed by atoms with van der Waals surface area (Å²) in [7, 11) is 0. The molecular weight excluding hydrogens is 279 g/mol. The molecule has 0 radical (unpaired) electrons. The van der Waals surface area contributed by atoms with Crippen molar-refractivity contribution in [2.24, 2.45) is 0 Å². The standard InChI is InChI=1S/C11H14Cl2N2O3/c1-11(4-16,5-17)15-10(18)6-2-7(12)9(13)8(14)3-6/h2-3,16-17H,4-5,14H2,1H3,(H,15,18). The lowest BCUT2D eigenvalue weighted by Gasteiger charge is -2.26. The van der Waals surface area contributed by atoms with Crippen LogP contribution in [0.1, 0.15) is 17.3 Å². The molecule has 0 aliphatic rings. The van der Waals surface area contributed by atoms with Crippen molar-refractivity contribution in [2.45, 2.75) is 12.5 Å². The molecule has 5 nitrogen and oxygen atoms in total. The van der Waals surface area contributed by atoms with E-state index in [1.54, 1.807) is 0 Å². The number of carbonyl (C=O) groups is 1. The first-order valence-corrected chi connectivity index (χ1v) is 5.87. The number of hydrogen-bond donors (Lipinski definition) is 4. The van der Waals surface area contributed by atoms with E-state index in [0.29, 0.717) is 0 Å². The molecule has 0 aliphatic heterocycles. The van der Waals surface area contributed by atoms with Gasteiger partial charge < -0.3 is 21.3 Å². The number of amides is 1. The van der Waals surface area contributed by atoms with Crippen LogP contribution in [0, 0.1) is 0 Å². The molecular formula is C11H14Cl2N2O3. The van der Waals surface area contributed by atoms with Gasteiger partial charge in [0.1, 0.15) is 0 Å². The molecule has 1 aromatic carbocycles. The van der Waals surface area contributed by atoms with E-state index in [1.165, 1.54) is 19.1 Å². The quantitative estimate of drug-likeness (QED) is 0.624. The third kappa shape index (κ3) is 3.26. The molecule has 18 heavy (non-hydrogen) atoms. The Bertz CT molecular complexity index is 439. The van der Waals surface area contributed by atoms with Crippen molar-refractivity contribution < 1.29 is 15.0 Å². The molecule has 0 atom stereocenters. The van der Waals surface area contributed by atoms with Crippen molar-refractivity contribution in [3.8, 4) is 0 Å². The number of hydrogen-bond acceptors (Lipinski definition) is 4. The zero-order chi connectivity index (χ0) is 13.9. The largest absolute Gasteiger partial charge is 0.397 e. The Kier molecular flexibility index (Phi) is 4.81. The fraction of sp³-hybridized carbons (Fsp3) is 0.364. The van der Waals surface area contributed by atoms with Crippen molar-refractivity contribution in [3.05, 3.63) is 27.7 Å². The second-order valence-corrected chi connectivity index (χ2v) is 4.98. The Morgan fingerprint density at radius 3 is 2.39 bits per heavy atom. The number of nitrogen functional groups attached to an aromatic ring is 1. The molecule has 5 N–H and O–H groups in total. The number of carbonyl (C=O) groups excluding carboxylic acids is 1. The van der Waals surface area contributed by atoms with E-state index in [4.69, 9.17) is 39.1 Å². The molecule has 100 valence electrons. The lowest BCUT2D eigenvalue weighted by molar-refractivity contribution is 0.0724. The molecule has 0 bridgehead atoms. The van der Waals surface area contributed by atoms with Gasteiger partial charge in [0.25, 0.3) is 5.91 Å². The van der Waals surface area contributed by atoms with Gasteiger partial charge in [-0.05, 0) is 19.1 Å². The smallest absolute Gasteiger partial charge is 0.251 e. The van der Waals surface area contributed by atoms with Gasteiger partial charge in [-0.1, -0.05) is 23.2 Å². The Morgan fingerprint density at radius 2 is 1.94 bits per heavy atom.